The average Bonchev–Trinajstić information content (AvgIpc) is 2.57. The first-order chi connectivity index (χ1) is 5.93. The number of hydrogen-bond donors (Lipinski definition) is 0. The van der Waals surface area contributed by atoms with E-state index in [1.165, 1.54) is 38.5 Å². The summed E-state index contributed by atoms with van der Waals surface area (Å²) in [5, 5.41) is 0. The van der Waals surface area contributed by atoms with Crippen molar-refractivity contribution in [2.75, 3.05) is 0 Å². The number of hydrogen-bond acceptors (Lipinski definition) is 1. The zero-order chi connectivity index (χ0) is 8.65. The lowest BCUT2D eigenvalue weighted by atomic mass is 10.2. The summed E-state index contributed by atoms with van der Waals surface area (Å²) in [5.74, 6) is 0. The Labute approximate surface area is 76.5 Å². The number of ether oxygens (including phenoxy) is 1. The molecule has 0 unspecified atom stereocenters. The third-order valence-corrected chi connectivity index (χ3v) is 2.41. The Morgan fingerprint density at radius 2 is 2.00 bits per heavy atom. The van der Waals surface area contributed by atoms with Gasteiger partial charge >= 0.3 is 0 Å². The van der Waals surface area contributed by atoms with E-state index in [1.54, 1.807) is 0 Å². The second-order valence-electron chi connectivity index (χ2n) is 3.56. The van der Waals surface area contributed by atoms with Crippen LogP contribution in [0.5, 0.6) is 0 Å². The summed E-state index contributed by atoms with van der Waals surface area (Å²) >= 11 is 0. The molecule has 0 saturated heterocycles. The van der Waals surface area contributed by atoms with Crippen LogP contribution in [0.4, 0.5) is 0 Å². The van der Waals surface area contributed by atoms with Crippen molar-refractivity contribution in [3.05, 3.63) is 13.5 Å². The van der Waals surface area contributed by atoms with Crippen molar-refractivity contribution in [2.24, 2.45) is 0 Å². The Morgan fingerprint density at radius 1 is 1.25 bits per heavy atom. The first kappa shape index (κ1) is 10.0. The quantitative estimate of drug-likeness (QED) is 0.551. The molecule has 0 aromatic rings. The van der Waals surface area contributed by atoms with Gasteiger partial charge in [-0.25, -0.2) is 0 Å². The molecule has 0 heterocycles. The molecule has 1 nitrogen and oxygen atoms in total. The topological polar surface area (TPSA) is 9.23 Å². The Bertz CT molecular complexity index is 95.2. The number of unbranched alkanes of at least 4 members (excludes halogenated alkanes) is 3. The molecule has 2 radical (unpaired) electrons. The lowest BCUT2D eigenvalue weighted by Gasteiger charge is -2.09. The molecule has 0 N–H and O–H groups in total. The van der Waals surface area contributed by atoms with Crippen LogP contribution in [-0.4, -0.2) is 6.10 Å². The first-order valence-electron chi connectivity index (χ1n) is 5.20. The molecular formula is C11H20O. The Balaban J connectivity index is 1.81. The van der Waals surface area contributed by atoms with E-state index in [-0.39, 0.29) is 0 Å². The maximum atomic E-state index is 5.60. The molecule has 0 spiro atoms. The van der Waals surface area contributed by atoms with Crippen LogP contribution in [0, 0.1) is 13.5 Å². The molecular weight excluding hydrogens is 148 g/mol. The Morgan fingerprint density at radius 3 is 2.67 bits per heavy atom. The van der Waals surface area contributed by atoms with Gasteiger partial charge in [-0.3, -0.25) is 0 Å². The molecule has 0 amide bonds. The highest BCUT2D eigenvalue weighted by atomic mass is 16.5. The monoisotopic (exact) mass is 168 g/mol. The maximum absolute atomic E-state index is 5.60. The highest BCUT2D eigenvalue weighted by Gasteiger charge is 2.14. The molecule has 1 fully saturated rings. The smallest absolute Gasteiger partial charge is 0.0840 e. The van der Waals surface area contributed by atoms with Gasteiger partial charge < -0.3 is 4.74 Å². The van der Waals surface area contributed by atoms with Crippen molar-refractivity contribution in [3.63, 3.8) is 0 Å². The minimum atomic E-state index is 0.546. The highest BCUT2D eigenvalue weighted by Crippen LogP contribution is 2.22. The van der Waals surface area contributed by atoms with Crippen LogP contribution >= 0.6 is 0 Å². The van der Waals surface area contributed by atoms with E-state index in [1.807, 2.05) is 6.61 Å². The normalized spacial score (nSPS) is 18.8. The van der Waals surface area contributed by atoms with Crippen molar-refractivity contribution in [1.82, 2.24) is 0 Å². The van der Waals surface area contributed by atoms with Gasteiger partial charge in [0.2, 0.25) is 0 Å². The molecule has 1 heteroatoms. The summed E-state index contributed by atoms with van der Waals surface area (Å²) in [4.78, 5) is 0. The number of rotatable bonds is 6. The van der Waals surface area contributed by atoms with Crippen LogP contribution < -0.4 is 0 Å². The van der Waals surface area contributed by atoms with Crippen LogP contribution in [0.1, 0.15) is 51.4 Å². The summed E-state index contributed by atoms with van der Waals surface area (Å²) in [6.45, 7) is 5.81. The van der Waals surface area contributed by atoms with Gasteiger partial charge in [-0.05, 0) is 19.3 Å². The van der Waals surface area contributed by atoms with Crippen LogP contribution in [0.15, 0.2) is 0 Å². The van der Waals surface area contributed by atoms with Crippen LogP contribution in [0.25, 0.3) is 0 Å². The maximum Gasteiger partial charge on any atom is 0.0840 e. The molecule has 0 aromatic carbocycles. The summed E-state index contributed by atoms with van der Waals surface area (Å²) in [6.07, 6.45) is 10.4. The molecule has 0 bridgehead atoms. The van der Waals surface area contributed by atoms with Crippen molar-refractivity contribution in [2.45, 2.75) is 57.5 Å². The molecule has 70 valence electrons. The Hall–Kier alpha value is -0.0400. The van der Waals surface area contributed by atoms with Gasteiger partial charge in [-0.1, -0.05) is 39.0 Å². The second-order valence-corrected chi connectivity index (χ2v) is 3.56. The van der Waals surface area contributed by atoms with E-state index in [2.05, 4.69) is 6.92 Å². The summed E-state index contributed by atoms with van der Waals surface area (Å²) in [6, 6.07) is 0. The van der Waals surface area contributed by atoms with E-state index < -0.39 is 0 Å². The Kier molecular flexibility index (Phi) is 5.42. The van der Waals surface area contributed by atoms with Crippen molar-refractivity contribution < 1.29 is 4.74 Å². The van der Waals surface area contributed by atoms with Gasteiger partial charge in [-0.2, -0.15) is 0 Å². The van der Waals surface area contributed by atoms with Gasteiger partial charge in [0.25, 0.3) is 0 Å². The molecule has 1 rings (SSSR count). The van der Waals surface area contributed by atoms with Crippen LogP contribution in [0.3, 0.4) is 0 Å². The molecule has 12 heavy (non-hydrogen) atoms. The van der Waals surface area contributed by atoms with E-state index >= 15 is 0 Å². The SMILES string of the molecule is [CH2]CCCC[CH]OC1CCCC1. The van der Waals surface area contributed by atoms with Gasteiger partial charge in [0.1, 0.15) is 0 Å². The molecule has 0 aromatic heterocycles. The molecule has 0 atom stereocenters. The predicted molar refractivity (Wildman–Crippen MR) is 51.5 cm³/mol. The lowest BCUT2D eigenvalue weighted by molar-refractivity contribution is 0.105. The van der Waals surface area contributed by atoms with E-state index in [9.17, 15) is 0 Å². The molecule has 1 aliphatic carbocycles. The van der Waals surface area contributed by atoms with E-state index in [0.29, 0.717) is 6.10 Å². The fourth-order valence-corrected chi connectivity index (χ4v) is 1.63. The third-order valence-electron chi connectivity index (χ3n) is 2.41. The second kappa shape index (κ2) is 6.47. The summed E-state index contributed by atoms with van der Waals surface area (Å²) in [7, 11) is 0. The molecule has 1 aliphatic rings. The van der Waals surface area contributed by atoms with Gasteiger partial charge in [-0.15, -0.1) is 0 Å². The standard InChI is InChI=1S/C11H20O/c1-2-3-4-7-10-12-11-8-5-6-9-11/h10-11H,1-9H2. The third kappa shape index (κ3) is 4.10. The van der Waals surface area contributed by atoms with E-state index in [0.717, 1.165) is 12.8 Å². The zero-order valence-electron chi connectivity index (χ0n) is 7.93. The van der Waals surface area contributed by atoms with Crippen molar-refractivity contribution >= 4 is 0 Å². The first-order valence-corrected chi connectivity index (χ1v) is 5.20. The van der Waals surface area contributed by atoms with Crippen LogP contribution in [-0.2, 0) is 4.74 Å². The van der Waals surface area contributed by atoms with Crippen molar-refractivity contribution in [3.8, 4) is 0 Å². The van der Waals surface area contributed by atoms with Gasteiger partial charge in [0.15, 0.2) is 0 Å². The minimum absolute atomic E-state index is 0.546. The van der Waals surface area contributed by atoms with Crippen molar-refractivity contribution in [1.29, 1.82) is 0 Å². The van der Waals surface area contributed by atoms with Gasteiger partial charge in [0.05, 0.1) is 12.7 Å². The highest BCUT2D eigenvalue weighted by molar-refractivity contribution is 4.68. The summed E-state index contributed by atoms with van der Waals surface area (Å²) < 4.78 is 5.60. The fraction of sp³-hybridized carbons (Fsp3) is 0.818. The largest absolute Gasteiger partial charge is 0.372 e. The average molecular weight is 168 g/mol. The van der Waals surface area contributed by atoms with Gasteiger partial charge in [0, 0.05) is 0 Å². The zero-order valence-corrected chi connectivity index (χ0v) is 7.93. The predicted octanol–water partition coefficient (Wildman–Crippen LogP) is 3.50. The molecule has 1 saturated carbocycles. The summed E-state index contributed by atoms with van der Waals surface area (Å²) in [5.41, 5.74) is 0. The fourth-order valence-electron chi connectivity index (χ4n) is 1.63. The minimum Gasteiger partial charge on any atom is -0.372 e. The lowest BCUT2D eigenvalue weighted by Crippen LogP contribution is -2.04. The van der Waals surface area contributed by atoms with E-state index in [4.69, 9.17) is 4.74 Å². The molecule has 0 aliphatic heterocycles. The van der Waals surface area contributed by atoms with Crippen LogP contribution in [0.2, 0.25) is 0 Å².